The van der Waals surface area contributed by atoms with E-state index >= 15 is 0 Å². The molecule has 4 nitrogen and oxygen atoms in total. The lowest BCUT2D eigenvalue weighted by atomic mass is 10.1. The zero-order valence-electron chi connectivity index (χ0n) is 13.3. The summed E-state index contributed by atoms with van der Waals surface area (Å²) in [6.45, 7) is 9.16. The van der Waals surface area contributed by atoms with E-state index in [1.54, 1.807) is 11.3 Å². The molecule has 0 aliphatic rings. The Balaban J connectivity index is 2.10. The Labute approximate surface area is 131 Å². The van der Waals surface area contributed by atoms with Crippen LogP contribution < -0.4 is 10.2 Å². The summed E-state index contributed by atoms with van der Waals surface area (Å²) in [6, 6.07) is 2.15. The molecule has 0 atom stereocenters. The maximum atomic E-state index is 4.44. The van der Waals surface area contributed by atoms with Crippen LogP contribution >= 0.6 is 11.3 Å². The Bertz CT molecular complexity index is 551. The first-order valence-electron chi connectivity index (χ1n) is 7.30. The molecule has 1 N–H and O–H groups in total. The van der Waals surface area contributed by atoms with Crippen LogP contribution in [-0.4, -0.2) is 23.6 Å². The summed E-state index contributed by atoms with van der Waals surface area (Å²) in [6.07, 6.45) is 1.98. The van der Waals surface area contributed by atoms with E-state index in [9.17, 15) is 0 Å². The fourth-order valence-corrected chi connectivity index (χ4v) is 2.75. The van der Waals surface area contributed by atoms with E-state index in [2.05, 4.69) is 52.5 Å². The SMILES string of the molecule is Cc1cc(N(C)Cc2cscn2)c(CNCC(C)C)cn1. The molecular weight excluding hydrogens is 280 g/mol. The fraction of sp³-hybridized carbons (Fsp3) is 0.500. The molecule has 0 spiro atoms. The van der Waals surface area contributed by atoms with Gasteiger partial charge >= 0.3 is 0 Å². The molecule has 0 bridgehead atoms. The summed E-state index contributed by atoms with van der Waals surface area (Å²) in [5, 5.41) is 5.59. The van der Waals surface area contributed by atoms with Crippen molar-refractivity contribution in [3.8, 4) is 0 Å². The van der Waals surface area contributed by atoms with Crippen LogP contribution in [0.15, 0.2) is 23.2 Å². The number of aromatic nitrogens is 2. The normalized spacial score (nSPS) is 11.1. The second-order valence-corrected chi connectivity index (χ2v) is 6.53. The predicted molar refractivity (Wildman–Crippen MR) is 89.7 cm³/mol. The topological polar surface area (TPSA) is 41.1 Å². The molecule has 2 aromatic heterocycles. The van der Waals surface area contributed by atoms with Crippen molar-refractivity contribution in [2.45, 2.75) is 33.9 Å². The number of anilines is 1. The van der Waals surface area contributed by atoms with Crippen molar-refractivity contribution in [2.75, 3.05) is 18.5 Å². The van der Waals surface area contributed by atoms with E-state index in [0.717, 1.165) is 31.0 Å². The zero-order valence-corrected chi connectivity index (χ0v) is 14.1. The molecule has 0 aliphatic carbocycles. The first kappa shape index (κ1) is 15.9. The molecule has 5 heteroatoms. The number of nitrogens with zero attached hydrogens (tertiary/aromatic N) is 3. The Morgan fingerprint density at radius 2 is 2.14 bits per heavy atom. The van der Waals surface area contributed by atoms with Gasteiger partial charge in [-0.2, -0.15) is 0 Å². The lowest BCUT2D eigenvalue weighted by Gasteiger charge is -2.22. The van der Waals surface area contributed by atoms with Gasteiger partial charge in [-0.1, -0.05) is 13.8 Å². The average molecular weight is 304 g/mol. The molecule has 114 valence electrons. The minimum atomic E-state index is 0.652. The fourth-order valence-electron chi connectivity index (χ4n) is 2.20. The van der Waals surface area contributed by atoms with Gasteiger partial charge in [0.25, 0.3) is 0 Å². The van der Waals surface area contributed by atoms with Crippen molar-refractivity contribution in [3.63, 3.8) is 0 Å². The summed E-state index contributed by atoms with van der Waals surface area (Å²) < 4.78 is 0. The van der Waals surface area contributed by atoms with Gasteiger partial charge in [-0.15, -0.1) is 11.3 Å². The zero-order chi connectivity index (χ0) is 15.2. The highest BCUT2D eigenvalue weighted by molar-refractivity contribution is 7.07. The minimum Gasteiger partial charge on any atom is -0.368 e. The predicted octanol–water partition coefficient (Wildman–Crippen LogP) is 3.23. The number of pyridine rings is 1. The van der Waals surface area contributed by atoms with Crippen LogP contribution in [0, 0.1) is 12.8 Å². The summed E-state index contributed by atoms with van der Waals surface area (Å²) in [4.78, 5) is 11.0. The van der Waals surface area contributed by atoms with Gasteiger partial charge < -0.3 is 10.2 Å². The number of hydrogen-bond donors (Lipinski definition) is 1. The first-order valence-corrected chi connectivity index (χ1v) is 8.25. The molecule has 2 rings (SSSR count). The van der Waals surface area contributed by atoms with Gasteiger partial charge in [0.1, 0.15) is 0 Å². The maximum Gasteiger partial charge on any atom is 0.0795 e. The van der Waals surface area contributed by atoms with Gasteiger partial charge in [0.05, 0.1) is 17.7 Å². The standard InChI is InChI=1S/C16H24N4S/c1-12(2)6-17-7-14-8-18-13(3)5-16(14)20(4)9-15-10-21-11-19-15/h5,8,10-12,17H,6-7,9H2,1-4H3. The molecule has 2 heterocycles. The third-order valence-corrected chi connectivity index (χ3v) is 3.90. The Morgan fingerprint density at radius 1 is 1.33 bits per heavy atom. The number of aryl methyl sites for hydroxylation is 1. The van der Waals surface area contributed by atoms with E-state index in [1.807, 2.05) is 18.6 Å². The van der Waals surface area contributed by atoms with Crippen molar-refractivity contribution in [1.29, 1.82) is 0 Å². The van der Waals surface area contributed by atoms with E-state index in [-0.39, 0.29) is 0 Å². The quantitative estimate of drug-likeness (QED) is 0.852. The van der Waals surface area contributed by atoms with Crippen molar-refractivity contribution in [2.24, 2.45) is 5.92 Å². The lowest BCUT2D eigenvalue weighted by molar-refractivity contribution is 0.551. The van der Waals surface area contributed by atoms with Crippen molar-refractivity contribution < 1.29 is 0 Å². The van der Waals surface area contributed by atoms with Gasteiger partial charge in [0, 0.05) is 42.1 Å². The first-order chi connectivity index (χ1) is 10.1. The third kappa shape index (κ3) is 4.79. The van der Waals surface area contributed by atoms with Crippen molar-refractivity contribution >= 4 is 17.0 Å². The molecule has 0 saturated carbocycles. The van der Waals surface area contributed by atoms with Crippen LogP contribution in [0.3, 0.4) is 0 Å². The number of rotatable bonds is 7. The second kappa shape index (κ2) is 7.52. The van der Waals surface area contributed by atoms with Crippen LogP contribution in [0.5, 0.6) is 0 Å². The lowest BCUT2D eigenvalue weighted by Crippen LogP contribution is -2.23. The highest BCUT2D eigenvalue weighted by Crippen LogP contribution is 2.21. The second-order valence-electron chi connectivity index (χ2n) is 5.81. The van der Waals surface area contributed by atoms with Crippen LogP contribution in [0.25, 0.3) is 0 Å². The largest absolute Gasteiger partial charge is 0.368 e. The number of hydrogen-bond acceptors (Lipinski definition) is 5. The van der Waals surface area contributed by atoms with Gasteiger partial charge in [-0.25, -0.2) is 4.98 Å². The van der Waals surface area contributed by atoms with Crippen molar-refractivity contribution in [3.05, 3.63) is 40.1 Å². The number of thiazole rings is 1. The molecule has 0 aromatic carbocycles. The molecular formula is C16H24N4S. The van der Waals surface area contributed by atoms with E-state index in [0.29, 0.717) is 5.92 Å². The summed E-state index contributed by atoms with van der Waals surface area (Å²) in [7, 11) is 2.11. The summed E-state index contributed by atoms with van der Waals surface area (Å²) in [5.41, 5.74) is 6.50. The summed E-state index contributed by atoms with van der Waals surface area (Å²) >= 11 is 1.64. The molecule has 0 radical (unpaired) electrons. The summed E-state index contributed by atoms with van der Waals surface area (Å²) in [5.74, 6) is 0.652. The molecule has 0 fully saturated rings. The molecule has 21 heavy (non-hydrogen) atoms. The van der Waals surface area contributed by atoms with Gasteiger partial charge in [0.2, 0.25) is 0 Å². The van der Waals surface area contributed by atoms with E-state index < -0.39 is 0 Å². The minimum absolute atomic E-state index is 0.652. The molecule has 2 aromatic rings. The van der Waals surface area contributed by atoms with E-state index in [4.69, 9.17) is 0 Å². The van der Waals surface area contributed by atoms with E-state index in [1.165, 1.54) is 11.3 Å². The smallest absolute Gasteiger partial charge is 0.0795 e. The number of nitrogens with one attached hydrogen (secondary N) is 1. The highest BCUT2D eigenvalue weighted by Gasteiger charge is 2.10. The van der Waals surface area contributed by atoms with Gasteiger partial charge in [-0.3, -0.25) is 4.98 Å². The van der Waals surface area contributed by atoms with Crippen molar-refractivity contribution in [1.82, 2.24) is 15.3 Å². The monoisotopic (exact) mass is 304 g/mol. The van der Waals surface area contributed by atoms with Crippen LogP contribution in [0.2, 0.25) is 0 Å². The van der Waals surface area contributed by atoms with Gasteiger partial charge in [-0.05, 0) is 25.5 Å². The average Bonchev–Trinajstić information content (AvgIpc) is 2.92. The van der Waals surface area contributed by atoms with Crippen LogP contribution in [0.4, 0.5) is 5.69 Å². The molecule has 0 saturated heterocycles. The Kier molecular flexibility index (Phi) is 5.70. The van der Waals surface area contributed by atoms with Gasteiger partial charge in [0.15, 0.2) is 0 Å². The maximum absolute atomic E-state index is 4.44. The Hall–Kier alpha value is -1.46. The molecule has 0 amide bonds. The third-order valence-electron chi connectivity index (χ3n) is 3.26. The van der Waals surface area contributed by atoms with Crippen LogP contribution in [-0.2, 0) is 13.1 Å². The highest BCUT2D eigenvalue weighted by atomic mass is 32.1. The molecule has 0 unspecified atom stereocenters. The molecule has 0 aliphatic heterocycles. The Morgan fingerprint density at radius 3 is 2.81 bits per heavy atom. The van der Waals surface area contributed by atoms with Crippen LogP contribution in [0.1, 0.15) is 30.8 Å².